The topological polar surface area (TPSA) is 71.5 Å². The Labute approximate surface area is 146 Å². The summed E-state index contributed by atoms with van der Waals surface area (Å²) in [4.78, 5) is 30.1. The van der Waals surface area contributed by atoms with Crippen LogP contribution in [0, 0.1) is 0 Å². The third-order valence-electron chi connectivity index (χ3n) is 4.00. The molecule has 1 heterocycles. The van der Waals surface area contributed by atoms with E-state index in [9.17, 15) is 9.59 Å². The molecule has 0 saturated heterocycles. The number of pyridine rings is 1. The molecule has 2 aromatic rings. The molecule has 0 radical (unpaired) electrons. The maximum absolute atomic E-state index is 12.6. The predicted molar refractivity (Wildman–Crippen MR) is 94.2 cm³/mol. The second-order valence-electron chi connectivity index (χ2n) is 5.94. The number of urea groups is 1. The van der Waals surface area contributed by atoms with Crippen LogP contribution in [0.4, 0.5) is 10.5 Å². The number of rotatable bonds is 6. The van der Waals surface area contributed by atoms with Crippen molar-refractivity contribution in [2.75, 3.05) is 11.9 Å². The van der Waals surface area contributed by atoms with E-state index in [2.05, 4.69) is 10.3 Å². The highest BCUT2D eigenvalue weighted by Gasteiger charge is 2.32. The summed E-state index contributed by atoms with van der Waals surface area (Å²) in [5.74, 6) is -0.363. The van der Waals surface area contributed by atoms with Crippen LogP contribution in [0.5, 0.6) is 0 Å². The number of hydrogen-bond acceptors (Lipinski definition) is 4. The molecule has 1 aromatic heterocycles. The van der Waals surface area contributed by atoms with E-state index in [-0.39, 0.29) is 18.0 Å². The number of ether oxygens (including phenoxy) is 1. The van der Waals surface area contributed by atoms with Gasteiger partial charge in [0.25, 0.3) is 0 Å². The number of nitrogens with zero attached hydrogens (tertiary/aromatic N) is 2. The molecule has 0 atom stereocenters. The number of nitrogens with one attached hydrogen (secondary N) is 1. The first-order valence-corrected chi connectivity index (χ1v) is 8.41. The molecule has 3 rings (SSSR count). The van der Waals surface area contributed by atoms with E-state index >= 15 is 0 Å². The summed E-state index contributed by atoms with van der Waals surface area (Å²) in [6.45, 7) is 2.66. The molecule has 0 aliphatic heterocycles. The number of esters is 1. The minimum atomic E-state index is -0.363. The molecule has 1 N–H and O–H groups in total. The van der Waals surface area contributed by atoms with Gasteiger partial charge in [0.2, 0.25) is 0 Å². The van der Waals surface area contributed by atoms with Crippen molar-refractivity contribution in [3.05, 3.63) is 59.9 Å². The number of amides is 2. The maximum atomic E-state index is 12.6. The first kappa shape index (κ1) is 17.0. The van der Waals surface area contributed by atoms with E-state index in [0.29, 0.717) is 24.4 Å². The lowest BCUT2D eigenvalue weighted by Gasteiger charge is -2.23. The van der Waals surface area contributed by atoms with E-state index < -0.39 is 0 Å². The molecule has 1 saturated carbocycles. The minimum Gasteiger partial charge on any atom is -0.462 e. The van der Waals surface area contributed by atoms with E-state index in [0.717, 1.165) is 18.4 Å². The Morgan fingerprint density at radius 2 is 1.84 bits per heavy atom. The van der Waals surface area contributed by atoms with Crippen LogP contribution in [-0.4, -0.2) is 34.5 Å². The molecular formula is C19H21N3O3. The largest absolute Gasteiger partial charge is 0.462 e. The van der Waals surface area contributed by atoms with Crippen LogP contribution in [0.3, 0.4) is 0 Å². The van der Waals surface area contributed by atoms with Gasteiger partial charge in [0.05, 0.1) is 12.2 Å². The number of carbonyl (C=O) groups excluding carboxylic acids is 2. The van der Waals surface area contributed by atoms with Crippen LogP contribution in [0.15, 0.2) is 48.8 Å². The van der Waals surface area contributed by atoms with Gasteiger partial charge in [-0.25, -0.2) is 9.59 Å². The fraction of sp³-hybridized carbons (Fsp3) is 0.316. The average Bonchev–Trinajstić information content (AvgIpc) is 3.46. The van der Waals surface area contributed by atoms with Crippen molar-refractivity contribution >= 4 is 17.7 Å². The normalized spacial score (nSPS) is 13.2. The molecule has 1 aliphatic rings. The van der Waals surface area contributed by atoms with Gasteiger partial charge in [-0.3, -0.25) is 4.98 Å². The molecule has 130 valence electrons. The minimum absolute atomic E-state index is 0.136. The van der Waals surface area contributed by atoms with E-state index in [1.54, 1.807) is 43.6 Å². The van der Waals surface area contributed by atoms with E-state index in [1.807, 2.05) is 17.0 Å². The van der Waals surface area contributed by atoms with Crippen molar-refractivity contribution in [3.63, 3.8) is 0 Å². The summed E-state index contributed by atoms with van der Waals surface area (Å²) in [6, 6.07) is 10.7. The number of aromatic nitrogens is 1. The first-order chi connectivity index (χ1) is 12.2. The smallest absolute Gasteiger partial charge is 0.338 e. The van der Waals surface area contributed by atoms with Crippen LogP contribution < -0.4 is 5.32 Å². The van der Waals surface area contributed by atoms with Gasteiger partial charge in [0, 0.05) is 30.7 Å². The zero-order valence-corrected chi connectivity index (χ0v) is 14.1. The van der Waals surface area contributed by atoms with Crippen LogP contribution in [0.1, 0.15) is 35.7 Å². The highest BCUT2D eigenvalue weighted by Crippen LogP contribution is 2.29. The zero-order valence-electron chi connectivity index (χ0n) is 14.1. The Kier molecular flexibility index (Phi) is 5.28. The number of hydrogen-bond donors (Lipinski definition) is 1. The number of carbonyl (C=O) groups is 2. The first-order valence-electron chi connectivity index (χ1n) is 8.41. The maximum Gasteiger partial charge on any atom is 0.338 e. The third-order valence-corrected chi connectivity index (χ3v) is 4.00. The van der Waals surface area contributed by atoms with Gasteiger partial charge in [-0.05, 0) is 61.7 Å². The van der Waals surface area contributed by atoms with E-state index in [4.69, 9.17) is 4.74 Å². The predicted octanol–water partition coefficient (Wildman–Crippen LogP) is 3.45. The fourth-order valence-electron chi connectivity index (χ4n) is 2.54. The molecule has 1 aliphatic carbocycles. The molecule has 1 aromatic carbocycles. The van der Waals surface area contributed by atoms with Gasteiger partial charge in [-0.15, -0.1) is 0 Å². The Morgan fingerprint density at radius 1 is 1.16 bits per heavy atom. The Morgan fingerprint density at radius 3 is 2.44 bits per heavy atom. The molecule has 6 heteroatoms. The van der Waals surface area contributed by atoms with Gasteiger partial charge >= 0.3 is 12.0 Å². The highest BCUT2D eigenvalue weighted by molar-refractivity contribution is 5.92. The number of benzene rings is 1. The van der Waals surface area contributed by atoms with Gasteiger partial charge in [0.15, 0.2) is 0 Å². The van der Waals surface area contributed by atoms with E-state index in [1.165, 1.54) is 0 Å². The van der Waals surface area contributed by atoms with Gasteiger partial charge in [0.1, 0.15) is 0 Å². The summed E-state index contributed by atoms with van der Waals surface area (Å²) < 4.78 is 4.95. The Hall–Kier alpha value is -2.89. The lowest BCUT2D eigenvalue weighted by molar-refractivity contribution is 0.0526. The van der Waals surface area contributed by atoms with Crippen molar-refractivity contribution in [1.29, 1.82) is 0 Å². The van der Waals surface area contributed by atoms with Crippen LogP contribution in [0.2, 0.25) is 0 Å². The number of anilines is 1. The average molecular weight is 339 g/mol. The van der Waals surface area contributed by atoms with Crippen molar-refractivity contribution in [2.24, 2.45) is 0 Å². The summed E-state index contributed by atoms with van der Waals surface area (Å²) >= 11 is 0. The van der Waals surface area contributed by atoms with Crippen LogP contribution in [0.25, 0.3) is 0 Å². The van der Waals surface area contributed by atoms with Crippen LogP contribution in [-0.2, 0) is 11.3 Å². The Bertz CT molecular complexity index is 727. The molecule has 0 spiro atoms. The molecular weight excluding hydrogens is 318 g/mol. The lowest BCUT2D eigenvalue weighted by Crippen LogP contribution is -2.36. The summed E-state index contributed by atoms with van der Waals surface area (Å²) in [5.41, 5.74) is 2.17. The molecule has 2 amide bonds. The lowest BCUT2D eigenvalue weighted by atomic mass is 10.2. The van der Waals surface area contributed by atoms with Crippen molar-refractivity contribution in [3.8, 4) is 0 Å². The standard InChI is InChI=1S/C19H21N3O3/c1-2-25-18(23)15-3-5-16(6-4-15)21-19(24)22(17-7-8-17)13-14-9-11-20-12-10-14/h3-6,9-12,17H,2,7-8,13H2,1H3,(H,21,24). The molecule has 25 heavy (non-hydrogen) atoms. The van der Waals surface area contributed by atoms with Gasteiger partial charge < -0.3 is 15.0 Å². The molecule has 6 nitrogen and oxygen atoms in total. The Balaban J connectivity index is 1.64. The highest BCUT2D eigenvalue weighted by atomic mass is 16.5. The summed E-state index contributed by atoms with van der Waals surface area (Å²) in [5, 5.41) is 2.90. The summed E-state index contributed by atoms with van der Waals surface area (Å²) in [6.07, 6.45) is 5.51. The second kappa shape index (κ2) is 7.79. The monoisotopic (exact) mass is 339 g/mol. The van der Waals surface area contributed by atoms with Gasteiger partial charge in [-0.1, -0.05) is 0 Å². The molecule has 0 unspecified atom stereocenters. The van der Waals surface area contributed by atoms with Gasteiger partial charge in [-0.2, -0.15) is 0 Å². The van der Waals surface area contributed by atoms with Crippen molar-refractivity contribution in [2.45, 2.75) is 32.4 Å². The quantitative estimate of drug-likeness (QED) is 0.818. The fourth-order valence-corrected chi connectivity index (χ4v) is 2.54. The van der Waals surface area contributed by atoms with Crippen molar-refractivity contribution < 1.29 is 14.3 Å². The van der Waals surface area contributed by atoms with Crippen LogP contribution >= 0.6 is 0 Å². The second-order valence-corrected chi connectivity index (χ2v) is 5.94. The van der Waals surface area contributed by atoms with Crippen molar-refractivity contribution in [1.82, 2.24) is 9.88 Å². The zero-order chi connectivity index (χ0) is 17.6. The summed E-state index contributed by atoms with van der Waals surface area (Å²) in [7, 11) is 0. The SMILES string of the molecule is CCOC(=O)c1ccc(NC(=O)N(Cc2ccncc2)C2CC2)cc1. The third kappa shape index (κ3) is 4.56. The molecule has 0 bridgehead atoms. The molecule has 1 fully saturated rings.